The molecule has 1 unspecified atom stereocenters. The molecule has 0 bridgehead atoms. The van der Waals surface area contributed by atoms with Gasteiger partial charge in [-0.25, -0.2) is 0 Å². The molecule has 0 saturated carbocycles. The van der Waals surface area contributed by atoms with Crippen molar-refractivity contribution in [1.29, 1.82) is 0 Å². The number of unbranched alkanes of at least 4 members (excludes halogenated alkanes) is 22. The highest BCUT2D eigenvalue weighted by molar-refractivity contribution is 4.96. The summed E-state index contributed by atoms with van der Waals surface area (Å²) in [7, 11) is 0. The first-order valence-corrected chi connectivity index (χ1v) is 17.0. The van der Waals surface area contributed by atoms with Crippen LogP contribution in [-0.4, -0.2) is 29.1 Å². The van der Waals surface area contributed by atoms with Crippen LogP contribution < -0.4 is 0 Å². The maximum atomic E-state index is 2.68. The molecular weight excluding hydrogens is 436 g/mol. The minimum atomic E-state index is 0.642. The van der Waals surface area contributed by atoms with E-state index in [-0.39, 0.29) is 0 Å². The average Bonchev–Trinajstić information content (AvgIpc) is 3.27. The van der Waals surface area contributed by atoms with Crippen molar-refractivity contribution in [2.45, 2.75) is 194 Å². The first-order chi connectivity index (χ1) is 17.8. The van der Waals surface area contributed by atoms with Gasteiger partial charge in [0.25, 0.3) is 0 Å². The van der Waals surface area contributed by atoms with Gasteiger partial charge in [-0.1, -0.05) is 162 Å². The summed E-state index contributed by atoms with van der Waals surface area (Å²) in [5.74, 6) is 0. The Morgan fingerprint density at radius 1 is 0.361 bits per heavy atom. The Labute approximate surface area is 229 Å². The third-order valence-electron chi connectivity index (χ3n) is 8.32. The van der Waals surface area contributed by atoms with Crippen LogP contribution in [0, 0.1) is 0 Å². The third-order valence-corrected chi connectivity index (χ3v) is 8.32. The van der Waals surface area contributed by atoms with Gasteiger partial charge >= 0.3 is 0 Å². The summed E-state index contributed by atoms with van der Waals surface area (Å²) in [4.78, 5) is 5.33. The molecule has 1 rings (SSSR count). The van der Waals surface area contributed by atoms with Gasteiger partial charge in [-0.3, -0.25) is 0 Å². The Morgan fingerprint density at radius 3 is 1.06 bits per heavy atom. The second kappa shape index (κ2) is 26.0. The first kappa shape index (κ1) is 33.4. The van der Waals surface area contributed by atoms with Gasteiger partial charge in [0, 0.05) is 25.5 Å². The van der Waals surface area contributed by atoms with Crippen LogP contribution in [0.2, 0.25) is 0 Å². The normalized spacial score (nSPS) is 15.5. The summed E-state index contributed by atoms with van der Waals surface area (Å²) in [5.41, 5.74) is 0. The fourth-order valence-corrected chi connectivity index (χ4v) is 5.81. The van der Waals surface area contributed by atoms with Crippen molar-refractivity contribution >= 4 is 0 Å². The summed E-state index contributed by atoms with van der Waals surface area (Å²) in [6.07, 6.45) is 42.6. The number of hydrogen-bond donors (Lipinski definition) is 0. The molecule has 0 amide bonds. The van der Waals surface area contributed by atoms with E-state index in [4.69, 9.17) is 0 Å². The lowest BCUT2D eigenvalue weighted by Gasteiger charge is -2.33. The van der Waals surface area contributed by atoms with Gasteiger partial charge in [-0.15, -0.1) is 0 Å². The van der Waals surface area contributed by atoms with E-state index in [2.05, 4.69) is 43.0 Å². The summed E-state index contributed by atoms with van der Waals surface area (Å²) in [6.45, 7) is 9.44. The summed E-state index contributed by atoms with van der Waals surface area (Å²) < 4.78 is 0. The Morgan fingerprint density at radius 2 is 0.667 bits per heavy atom. The molecule has 1 heterocycles. The predicted octanol–water partition coefficient (Wildman–Crippen LogP) is 11.6. The molecule has 214 valence electrons. The SMILES string of the molecule is CCCCCCCCCCCCCCCCCC1N(CCCC)C=CN1CCCCCCCCCC. The van der Waals surface area contributed by atoms with Crippen LogP contribution in [0.3, 0.4) is 0 Å². The van der Waals surface area contributed by atoms with Crippen LogP contribution in [0.25, 0.3) is 0 Å². The zero-order valence-corrected chi connectivity index (χ0v) is 25.4. The molecule has 0 aromatic rings. The number of nitrogens with zero attached hydrogens (tertiary/aromatic N) is 2. The third kappa shape index (κ3) is 18.6. The smallest absolute Gasteiger partial charge is 0.101 e. The van der Waals surface area contributed by atoms with Crippen LogP contribution in [-0.2, 0) is 0 Å². The highest BCUT2D eigenvalue weighted by Gasteiger charge is 2.24. The lowest BCUT2D eigenvalue weighted by molar-refractivity contribution is 0.136. The fourth-order valence-electron chi connectivity index (χ4n) is 5.81. The molecule has 2 heteroatoms. The van der Waals surface area contributed by atoms with Crippen molar-refractivity contribution in [1.82, 2.24) is 9.80 Å². The second-order valence-electron chi connectivity index (χ2n) is 11.8. The molecule has 1 aliphatic rings. The molecular formula is C34H68N2. The number of hydrogen-bond acceptors (Lipinski definition) is 2. The van der Waals surface area contributed by atoms with Crippen molar-refractivity contribution in [2.75, 3.05) is 13.1 Å². The molecule has 36 heavy (non-hydrogen) atoms. The summed E-state index contributed by atoms with van der Waals surface area (Å²) in [5, 5.41) is 0. The standard InChI is InChI=1S/C34H68N2/c1-4-7-10-12-14-16-17-18-19-20-21-22-23-25-27-29-34-35(30-9-6-3)32-33-36(34)31-28-26-24-15-13-11-8-5-2/h32-34H,4-31H2,1-3H3. The molecule has 0 fully saturated rings. The minimum absolute atomic E-state index is 0.642. The largest absolute Gasteiger partial charge is 0.356 e. The van der Waals surface area contributed by atoms with Gasteiger partial charge in [-0.2, -0.15) is 0 Å². The van der Waals surface area contributed by atoms with Crippen LogP contribution in [0.15, 0.2) is 12.4 Å². The van der Waals surface area contributed by atoms with Crippen molar-refractivity contribution in [3.63, 3.8) is 0 Å². The minimum Gasteiger partial charge on any atom is -0.356 e. The van der Waals surface area contributed by atoms with Crippen LogP contribution in [0.1, 0.15) is 188 Å². The zero-order chi connectivity index (χ0) is 25.9. The van der Waals surface area contributed by atoms with Gasteiger partial charge in [0.05, 0.1) is 0 Å². The molecule has 1 aliphatic heterocycles. The highest BCUT2D eigenvalue weighted by Crippen LogP contribution is 2.23. The highest BCUT2D eigenvalue weighted by atomic mass is 15.4. The van der Waals surface area contributed by atoms with Gasteiger partial charge in [0.15, 0.2) is 0 Å². The summed E-state index contributed by atoms with van der Waals surface area (Å²) in [6, 6.07) is 0. The second-order valence-corrected chi connectivity index (χ2v) is 11.8. The molecule has 0 aromatic carbocycles. The summed E-state index contributed by atoms with van der Waals surface area (Å²) >= 11 is 0. The molecule has 0 spiro atoms. The molecule has 0 aliphatic carbocycles. The Balaban J connectivity index is 2.05. The van der Waals surface area contributed by atoms with E-state index in [0.717, 1.165) is 0 Å². The van der Waals surface area contributed by atoms with Crippen LogP contribution in [0.4, 0.5) is 0 Å². The quantitative estimate of drug-likeness (QED) is 0.0977. The number of rotatable bonds is 28. The molecule has 0 radical (unpaired) electrons. The topological polar surface area (TPSA) is 6.48 Å². The Bertz CT molecular complexity index is 460. The van der Waals surface area contributed by atoms with Crippen molar-refractivity contribution < 1.29 is 0 Å². The maximum absolute atomic E-state index is 2.68. The predicted molar refractivity (Wildman–Crippen MR) is 163 cm³/mol. The van der Waals surface area contributed by atoms with E-state index in [9.17, 15) is 0 Å². The van der Waals surface area contributed by atoms with Crippen molar-refractivity contribution in [3.05, 3.63) is 12.4 Å². The van der Waals surface area contributed by atoms with Crippen LogP contribution in [0.5, 0.6) is 0 Å². The zero-order valence-electron chi connectivity index (χ0n) is 25.4. The average molecular weight is 505 g/mol. The molecule has 1 atom stereocenters. The molecule has 2 nitrogen and oxygen atoms in total. The van der Waals surface area contributed by atoms with E-state index in [1.54, 1.807) is 0 Å². The van der Waals surface area contributed by atoms with Gasteiger partial charge in [-0.05, 0) is 25.7 Å². The fraction of sp³-hybridized carbons (Fsp3) is 0.941. The van der Waals surface area contributed by atoms with E-state index < -0.39 is 0 Å². The maximum Gasteiger partial charge on any atom is 0.101 e. The van der Waals surface area contributed by atoms with Crippen LogP contribution >= 0.6 is 0 Å². The molecule has 0 aromatic heterocycles. The molecule has 0 N–H and O–H groups in total. The van der Waals surface area contributed by atoms with Gasteiger partial charge in [0.1, 0.15) is 6.17 Å². The van der Waals surface area contributed by atoms with Crippen molar-refractivity contribution in [3.8, 4) is 0 Å². The Hall–Kier alpha value is -0.660. The van der Waals surface area contributed by atoms with Crippen molar-refractivity contribution in [2.24, 2.45) is 0 Å². The molecule has 0 saturated heterocycles. The first-order valence-electron chi connectivity index (χ1n) is 17.0. The van der Waals surface area contributed by atoms with Gasteiger partial charge in [0.2, 0.25) is 0 Å². The Kier molecular flexibility index (Phi) is 24.1. The van der Waals surface area contributed by atoms with E-state index in [1.807, 2.05) is 0 Å². The van der Waals surface area contributed by atoms with E-state index in [0.29, 0.717) is 6.17 Å². The lowest BCUT2D eigenvalue weighted by atomic mass is 10.0. The monoisotopic (exact) mass is 505 g/mol. The lowest BCUT2D eigenvalue weighted by Crippen LogP contribution is -2.39. The van der Waals surface area contributed by atoms with E-state index >= 15 is 0 Å². The van der Waals surface area contributed by atoms with E-state index in [1.165, 1.54) is 180 Å². The van der Waals surface area contributed by atoms with Gasteiger partial charge < -0.3 is 9.80 Å².